The van der Waals surface area contributed by atoms with E-state index in [0.29, 0.717) is 5.76 Å². The second-order valence-electron chi connectivity index (χ2n) is 5.65. The minimum atomic E-state index is -3.80. The molecule has 0 aliphatic heterocycles. The molecule has 0 aliphatic rings. The first kappa shape index (κ1) is 17.2. The number of furan rings is 1. The van der Waals surface area contributed by atoms with Crippen LogP contribution in [0.4, 0.5) is 0 Å². The number of carbonyl (C=O) groups excluding carboxylic acids is 1. The summed E-state index contributed by atoms with van der Waals surface area (Å²) in [6.45, 7) is 1.70. The van der Waals surface area contributed by atoms with Crippen molar-refractivity contribution in [3.63, 3.8) is 0 Å². The topological polar surface area (TPSA) is 88.4 Å². The molecule has 0 spiro atoms. The Morgan fingerprint density at radius 1 is 1.08 bits per heavy atom. The lowest BCUT2D eigenvalue weighted by Gasteiger charge is -2.14. The van der Waals surface area contributed by atoms with Crippen LogP contribution in [-0.2, 0) is 21.4 Å². The van der Waals surface area contributed by atoms with E-state index < -0.39 is 22.0 Å². The third-order valence-electron chi connectivity index (χ3n) is 3.77. The molecular weight excluding hydrogens is 340 g/mol. The maximum atomic E-state index is 12.5. The van der Waals surface area contributed by atoms with Crippen LogP contribution >= 0.6 is 0 Å². The van der Waals surface area contributed by atoms with E-state index in [9.17, 15) is 13.2 Å². The highest BCUT2D eigenvalue weighted by atomic mass is 32.2. The van der Waals surface area contributed by atoms with Crippen LogP contribution < -0.4 is 10.0 Å². The van der Waals surface area contributed by atoms with E-state index in [1.807, 2.05) is 24.3 Å². The summed E-state index contributed by atoms with van der Waals surface area (Å²) in [5.41, 5.74) is 0. The lowest BCUT2D eigenvalue weighted by Crippen LogP contribution is -2.44. The fourth-order valence-corrected chi connectivity index (χ4v) is 3.67. The lowest BCUT2D eigenvalue weighted by molar-refractivity contribution is -0.122. The monoisotopic (exact) mass is 358 g/mol. The third-order valence-corrected chi connectivity index (χ3v) is 5.31. The van der Waals surface area contributed by atoms with Crippen LogP contribution in [0.1, 0.15) is 12.7 Å². The van der Waals surface area contributed by atoms with Crippen molar-refractivity contribution < 1.29 is 17.6 Å². The van der Waals surface area contributed by atoms with Gasteiger partial charge in [-0.25, -0.2) is 8.42 Å². The normalized spacial score (nSPS) is 12.8. The van der Waals surface area contributed by atoms with Crippen LogP contribution in [0.15, 0.2) is 70.2 Å². The highest BCUT2D eigenvalue weighted by Crippen LogP contribution is 2.19. The van der Waals surface area contributed by atoms with Gasteiger partial charge in [0.2, 0.25) is 15.9 Å². The Hall–Kier alpha value is -2.64. The van der Waals surface area contributed by atoms with Gasteiger partial charge in [-0.1, -0.05) is 30.3 Å². The molecule has 3 aromatic rings. The summed E-state index contributed by atoms with van der Waals surface area (Å²) < 4.78 is 32.5. The van der Waals surface area contributed by atoms with E-state index >= 15 is 0 Å². The largest absolute Gasteiger partial charge is 0.467 e. The van der Waals surface area contributed by atoms with Gasteiger partial charge in [0.25, 0.3) is 0 Å². The Morgan fingerprint density at radius 2 is 1.84 bits per heavy atom. The lowest BCUT2D eigenvalue weighted by atomic mass is 10.1. The summed E-state index contributed by atoms with van der Waals surface area (Å²) in [5.74, 6) is 0.165. The quantitative estimate of drug-likeness (QED) is 0.708. The van der Waals surface area contributed by atoms with Gasteiger partial charge in [-0.3, -0.25) is 4.79 Å². The number of nitrogens with one attached hydrogen (secondary N) is 2. The van der Waals surface area contributed by atoms with Crippen LogP contribution in [0.2, 0.25) is 0 Å². The number of benzene rings is 2. The summed E-state index contributed by atoms with van der Waals surface area (Å²) in [4.78, 5) is 12.2. The minimum absolute atomic E-state index is 0.122. The minimum Gasteiger partial charge on any atom is -0.467 e. The maximum Gasteiger partial charge on any atom is 0.241 e. The van der Waals surface area contributed by atoms with Gasteiger partial charge in [0.15, 0.2) is 0 Å². The van der Waals surface area contributed by atoms with E-state index in [2.05, 4.69) is 10.0 Å². The van der Waals surface area contributed by atoms with Crippen LogP contribution in [-0.4, -0.2) is 20.4 Å². The molecule has 3 rings (SSSR count). The summed E-state index contributed by atoms with van der Waals surface area (Å²) in [7, 11) is -3.80. The van der Waals surface area contributed by atoms with Gasteiger partial charge in [0.1, 0.15) is 5.76 Å². The van der Waals surface area contributed by atoms with Crippen LogP contribution in [0, 0.1) is 0 Å². The van der Waals surface area contributed by atoms with E-state index in [1.165, 1.54) is 19.3 Å². The van der Waals surface area contributed by atoms with Gasteiger partial charge < -0.3 is 9.73 Å². The van der Waals surface area contributed by atoms with Crippen molar-refractivity contribution in [2.45, 2.75) is 24.4 Å². The zero-order valence-electron chi connectivity index (χ0n) is 13.6. The first-order valence-corrected chi connectivity index (χ1v) is 9.25. The fourth-order valence-electron chi connectivity index (χ4n) is 2.43. The molecule has 1 aromatic heterocycles. The highest BCUT2D eigenvalue weighted by Gasteiger charge is 2.22. The molecule has 1 atom stereocenters. The van der Waals surface area contributed by atoms with E-state index in [0.717, 1.165) is 10.8 Å². The van der Waals surface area contributed by atoms with Crippen molar-refractivity contribution in [2.75, 3.05) is 0 Å². The van der Waals surface area contributed by atoms with Crippen molar-refractivity contribution in [1.82, 2.24) is 10.0 Å². The number of fused-ring (bicyclic) bond motifs is 1. The van der Waals surface area contributed by atoms with Crippen LogP contribution in [0.5, 0.6) is 0 Å². The van der Waals surface area contributed by atoms with Gasteiger partial charge in [0.05, 0.1) is 23.7 Å². The van der Waals surface area contributed by atoms with E-state index in [1.54, 1.807) is 24.3 Å². The highest BCUT2D eigenvalue weighted by molar-refractivity contribution is 7.89. The predicted octanol–water partition coefficient (Wildman–Crippen LogP) is 2.42. The summed E-state index contributed by atoms with van der Waals surface area (Å²) in [6, 6.07) is 14.9. The molecule has 0 unspecified atom stereocenters. The third kappa shape index (κ3) is 4.07. The average molecular weight is 358 g/mol. The molecule has 0 bridgehead atoms. The molecule has 1 amide bonds. The Labute approximate surface area is 145 Å². The molecule has 0 aliphatic carbocycles. The van der Waals surface area contributed by atoms with Gasteiger partial charge in [-0.2, -0.15) is 4.72 Å². The molecule has 0 saturated carbocycles. The molecule has 0 saturated heterocycles. The molecule has 0 radical (unpaired) electrons. The summed E-state index contributed by atoms with van der Waals surface area (Å²) in [6.07, 6.45) is 1.51. The smallest absolute Gasteiger partial charge is 0.241 e. The first-order chi connectivity index (χ1) is 12.0. The van der Waals surface area contributed by atoms with Gasteiger partial charge in [-0.05, 0) is 42.0 Å². The van der Waals surface area contributed by atoms with Gasteiger partial charge in [0, 0.05) is 0 Å². The van der Waals surface area contributed by atoms with Crippen LogP contribution in [0.3, 0.4) is 0 Å². The van der Waals surface area contributed by atoms with Crippen molar-refractivity contribution in [3.8, 4) is 0 Å². The maximum absolute atomic E-state index is 12.5. The molecular formula is C18H18N2O4S. The zero-order valence-corrected chi connectivity index (χ0v) is 14.4. The Bertz CT molecular complexity index is 981. The molecule has 25 heavy (non-hydrogen) atoms. The van der Waals surface area contributed by atoms with Gasteiger partial charge >= 0.3 is 0 Å². The predicted molar refractivity (Wildman–Crippen MR) is 94.3 cm³/mol. The molecule has 7 heteroatoms. The SMILES string of the molecule is C[C@@H](NS(=O)(=O)c1ccc2ccccc2c1)C(=O)NCc1ccco1. The molecule has 6 nitrogen and oxygen atoms in total. The van der Waals surface area contributed by atoms with E-state index in [-0.39, 0.29) is 11.4 Å². The Balaban J connectivity index is 1.69. The Morgan fingerprint density at radius 3 is 2.56 bits per heavy atom. The van der Waals surface area contributed by atoms with Gasteiger partial charge in [-0.15, -0.1) is 0 Å². The number of sulfonamides is 1. The van der Waals surface area contributed by atoms with Crippen molar-refractivity contribution in [3.05, 3.63) is 66.6 Å². The van der Waals surface area contributed by atoms with Crippen molar-refractivity contribution in [2.24, 2.45) is 0 Å². The zero-order chi connectivity index (χ0) is 17.9. The fraction of sp³-hybridized carbons (Fsp3) is 0.167. The summed E-state index contributed by atoms with van der Waals surface area (Å²) >= 11 is 0. The number of hydrogen-bond acceptors (Lipinski definition) is 4. The second kappa shape index (κ2) is 7.08. The number of rotatable bonds is 6. The molecule has 2 aromatic carbocycles. The number of amides is 1. The average Bonchev–Trinajstić information content (AvgIpc) is 3.12. The Kier molecular flexibility index (Phi) is 4.87. The molecule has 130 valence electrons. The van der Waals surface area contributed by atoms with Crippen molar-refractivity contribution >= 4 is 26.7 Å². The number of carbonyl (C=O) groups is 1. The summed E-state index contributed by atoms with van der Waals surface area (Å²) in [5, 5.41) is 4.40. The number of hydrogen-bond donors (Lipinski definition) is 2. The van der Waals surface area contributed by atoms with Crippen LogP contribution in [0.25, 0.3) is 10.8 Å². The standard InChI is InChI=1S/C18H18N2O4S/c1-13(18(21)19-12-16-7-4-10-24-16)20-25(22,23)17-9-8-14-5-2-3-6-15(14)11-17/h2-11,13,20H,12H2,1H3,(H,19,21)/t13-/m1/s1. The van der Waals surface area contributed by atoms with Crippen molar-refractivity contribution in [1.29, 1.82) is 0 Å². The molecule has 1 heterocycles. The molecule has 0 fully saturated rings. The van der Waals surface area contributed by atoms with E-state index in [4.69, 9.17) is 4.42 Å². The second-order valence-corrected chi connectivity index (χ2v) is 7.36. The molecule has 2 N–H and O–H groups in total. The first-order valence-electron chi connectivity index (χ1n) is 7.77.